The van der Waals surface area contributed by atoms with Crippen molar-refractivity contribution in [1.82, 2.24) is 5.32 Å². The molecular weight excluding hydrogens is 245 g/mol. The molecule has 2 N–H and O–H groups in total. The van der Waals surface area contributed by atoms with Gasteiger partial charge in [0.25, 0.3) is 0 Å². The van der Waals surface area contributed by atoms with E-state index in [2.05, 4.69) is 10.6 Å². The minimum atomic E-state index is -0.496. The summed E-state index contributed by atoms with van der Waals surface area (Å²) in [6.45, 7) is 6.58. The van der Waals surface area contributed by atoms with Gasteiger partial charge in [0.2, 0.25) is 5.91 Å². The SMILES string of the molecule is CC(C)(C)NCCC(=O)Nc1ccc(F)cc1C#N. The highest BCUT2D eigenvalue weighted by Gasteiger charge is 2.11. The smallest absolute Gasteiger partial charge is 0.225 e. The summed E-state index contributed by atoms with van der Waals surface area (Å²) in [5.41, 5.74) is 0.412. The van der Waals surface area contributed by atoms with E-state index in [1.165, 1.54) is 12.1 Å². The van der Waals surface area contributed by atoms with Gasteiger partial charge in [0.05, 0.1) is 11.3 Å². The van der Waals surface area contributed by atoms with Crippen LogP contribution in [0.2, 0.25) is 0 Å². The summed E-state index contributed by atoms with van der Waals surface area (Å²) in [7, 11) is 0. The maximum atomic E-state index is 12.9. The maximum Gasteiger partial charge on any atom is 0.225 e. The highest BCUT2D eigenvalue weighted by molar-refractivity contribution is 5.92. The van der Waals surface area contributed by atoms with E-state index in [1.807, 2.05) is 26.8 Å². The Morgan fingerprint density at radius 2 is 2.11 bits per heavy atom. The molecule has 0 heterocycles. The van der Waals surface area contributed by atoms with Crippen molar-refractivity contribution in [3.8, 4) is 6.07 Å². The van der Waals surface area contributed by atoms with E-state index in [9.17, 15) is 9.18 Å². The maximum absolute atomic E-state index is 12.9. The van der Waals surface area contributed by atoms with Crippen molar-refractivity contribution in [2.75, 3.05) is 11.9 Å². The number of halogens is 1. The predicted octanol–water partition coefficient (Wildman–Crippen LogP) is 2.41. The number of hydrogen-bond acceptors (Lipinski definition) is 3. The van der Waals surface area contributed by atoms with Crippen molar-refractivity contribution in [2.45, 2.75) is 32.7 Å². The molecule has 0 saturated heterocycles. The van der Waals surface area contributed by atoms with Gasteiger partial charge in [0.1, 0.15) is 11.9 Å². The molecule has 1 amide bonds. The molecule has 0 aliphatic heterocycles. The van der Waals surface area contributed by atoms with E-state index in [-0.39, 0.29) is 17.0 Å². The van der Waals surface area contributed by atoms with Crippen LogP contribution in [-0.2, 0) is 4.79 Å². The second-order valence-electron chi connectivity index (χ2n) is 5.28. The third kappa shape index (κ3) is 5.49. The van der Waals surface area contributed by atoms with E-state index in [4.69, 9.17) is 5.26 Å². The zero-order valence-corrected chi connectivity index (χ0v) is 11.4. The molecule has 102 valence electrons. The lowest BCUT2D eigenvalue weighted by atomic mass is 10.1. The molecule has 19 heavy (non-hydrogen) atoms. The lowest BCUT2D eigenvalue weighted by Crippen LogP contribution is -2.37. The molecule has 0 bridgehead atoms. The number of nitrogens with one attached hydrogen (secondary N) is 2. The largest absolute Gasteiger partial charge is 0.325 e. The van der Waals surface area contributed by atoms with E-state index in [0.29, 0.717) is 18.7 Å². The molecule has 1 aromatic rings. The summed E-state index contributed by atoms with van der Waals surface area (Å²) < 4.78 is 12.9. The molecule has 0 atom stereocenters. The minimum absolute atomic E-state index is 0.0476. The Hall–Kier alpha value is -1.93. The zero-order valence-electron chi connectivity index (χ0n) is 11.4. The highest BCUT2D eigenvalue weighted by Crippen LogP contribution is 2.16. The van der Waals surface area contributed by atoms with E-state index >= 15 is 0 Å². The summed E-state index contributed by atoms with van der Waals surface area (Å²) in [4.78, 5) is 11.7. The van der Waals surface area contributed by atoms with Gasteiger partial charge in [-0.05, 0) is 39.0 Å². The Morgan fingerprint density at radius 3 is 2.68 bits per heavy atom. The van der Waals surface area contributed by atoms with Crippen molar-refractivity contribution in [3.63, 3.8) is 0 Å². The molecule has 0 unspecified atom stereocenters. The number of hydrogen-bond donors (Lipinski definition) is 2. The molecule has 0 aliphatic carbocycles. The number of nitrogens with zero attached hydrogens (tertiary/aromatic N) is 1. The van der Waals surface area contributed by atoms with Crippen LogP contribution in [0.15, 0.2) is 18.2 Å². The van der Waals surface area contributed by atoms with Gasteiger partial charge in [-0.1, -0.05) is 0 Å². The van der Waals surface area contributed by atoms with Crippen LogP contribution in [0.4, 0.5) is 10.1 Å². The monoisotopic (exact) mass is 263 g/mol. The topological polar surface area (TPSA) is 64.9 Å². The third-order valence-corrected chi connectivity index (χ3v) is 2.38. The van der Waals surface area contributed by atoms with Crippen molar-refractivity contribution < 1.29 is 9.18 Å². The molecule has 1 aromatic carbocycles. The minimum Gasteiger partial charge on any atom is -0.325 e. The number of carbonyl (C=O) groups excluding carboxylic acids is 1. The Balaban J connectivity index is 2.56. The third-order valence-electron chi connectivity index (χ3n) is 2.38. The van der Waals surface area contributed by atoms with Crippen LogP contribution in [0.3, 0.4) is 0 Å². The molecule has 0 radical (unpaired) electrons. The van der Waals surface area contributed by atoms with Crippen LogP contribution >= 0.6 is 0 Å². The first kappa shape index (κ1) is 15.1. The number of carbonyl (C=O) groups is 1. The fourth-order valence-corrected chi connectivity index (χ4v) is 1.48. The lowest BCUT2D eigenvalue weighted by molar-refractivity contribution is -0.116. The van der Waals surface area contributed by atoms with Crippen molar-refractivity contribution in [1.29, 1.82) is 5.26 Å². The fourth-order valence-electron chi connectivity index (χ4n) is 1.48. The summed E-state index contributed by atoms with van der Waals surface area (Å²) in [6, 6.07) is 5.56. The number of nitriles is 1. The van der Waals surface area contributed by atoms with Crippen LogP contribution in [0.25, 0.3) is 0 Å². The van der Waals surface area contributed by atoms with Gasteiger partial charge in [-0.2, -0.15) is 5.26 Å². The average molecular weight is 263 g/mol. The second kappa shape index (κ2) is 6.30. The number of benzene rings is 1. The molecule has 0 fully saturated rings. The summed E-state index contributed by atoms with van der Waals surface area (Å²) in [5.74, 6) is -0.705. The van der Waals surface area contributed by atoms with Crippen molar-refractivity contribution >= 4 is 11.6 Å². The van der Waals surface area contributed by atoms with Gasteiger partial charge in [-0.25, -0.2) is 4.39 Å². The van der Waals surface area contributed by atoms with Crippen LogP contribution in [0, 0.1) is 17.1 Å². The van der Waals surface area contributed by atoms with Crippen LogP contribution in [-0.4, -0.2) is 18.0 Å². The number of anilines is 1. The molecule has 0 spiro atoms. The molecule has 1 rings (SSSR count). The molecule has 4 nitrogen and oxygen atoms in total. The van der Waals surface area contributed by atoms with Gasteiger partial charge in [0, 0.05) is 18.5 Å². The molecule has 5 heteroatoms. The number of amides is 1. The van der Waals surface area contributed by atoms with E-state index in [0.717, 1.165) is 6.07 Å². The molecule has 0 aliphatic rings. The summed E-state index contributed by atoms with van der Waals surface area (Å²) in [5, 5.41) is 14.7. The molecule has 0 aromatic heterocycles. The summed E-state index contributed by atoms with van der Waals surface area (Å²) >= 11 is 0. The molecule has 0 saturated carbocycles. The first-order valence-corrected chi connectivity index (χ1v) is 6.06. The second-order valence-corrected chi connectivity index (χ2v) is 5.28. The quantitative estimate of drug-likeness (QED) is 0.876. The van der Waals surface area contributed by atoms with Gasteiger partial charge >= 0.3 is 0 Å². The Kier molecular flexibility index (Phi) is 5.02. The first-order chi connectivity index (χ1) is 8.81. The Morgan fingerprint density at radius 1 is 1.42 bits per heavy atom. The Bertz CT molecular complexity index is 500. The Labute approximate surface area is 112 Å². The first-order valence-electron chi connectivity index (χ1n) is 6.06. The fraction of sp³-hybridized carbons (Fsp3) is 0.429. The average Bonchev–Trinajstić information content (AvgIpc) is 2.29. The number of rotatable bonds is 4. The van der Waals surface area contributed by atoms with E-state index < -0.39 is 5.82 Å². The van der Waals surface area contributed by atoms with E-state index in [1.54, 1.807) is 0 Å². The van der Waals surface area contributed by atoms with Crippen LogP contribution < -0.4 is 10.6 Å². The van der Waals surface area contributed by atoms with Crippen LogP contribution in [0.1, 0.15) is 32.8 Å². The van der Waals surface area contributed by atoms with Crippen molar-refractivity contribution in [2.24, 2.45) is 0 Å². The van der Waals surface area contributed by atoms with Gasteiger partial charge < -0.3 is 10.6 Å². The van der Waals surface area contributed by atoms with Gasteiger partial charge in [-0.15, -0.1) is 0 Å². The summed E-state index contributed by atoms with van der Waals surface area (Å²) in [6.07, 6.45) is 0.291. The van der Waals surface area contributed by atoms with Crippen molar-refractivity contribution in [3.05, 3.63) is 29.6 Å². The predicted molar refractivity (Wildman–Crippen MR) is 72.1 cm³/mol. The standard InChI is InChI=1S/C14H18FN3O/c1-14(2,3)17-7-6-13(19)18-12-5-4-11(15)8-10(12)9-16/h4-5,8,17H,6-7H2,1-3H3,(H,18,19). The van der Waals surface area contributed by atoms with Gasteiger partial charge in [-0.3, -0.25) is 4.79 Å². The van der Waals surface area contributed by atoms with Gasteiger partial charge in [0.15, 0.2) is 0 Å². The normalized spacial score (nSPS) is 10.9. The lowest BCUT2D eigenvalue weighted by Gasteiger charge is -2.20. The molecular formula is C14H18FN3O. The highest BCUT2D eigenvalue weighted by atomic mass is 19.1. The zero-order chi connectivity index (χ0) is 14.5. The van der Waals surface area contributed by atoms with Crippen LogP contribution in [0.5, 0.6) is 0 Å².